The summed E-state index contributed by atoms with van der Waals surface area (Å²) in [4.78, 5) is 17.4. The lowest BCUT2D eigenvalue weighted by atomic mass is 10.1. The minimum atomic E-state index is -0.335. The van der Waals surface area contributed by atoms with Crippen molar-refractivity contribution in [1.82, 2.24) is 5.32 Å². The summed E-state index contributed by atoms with van der Waals surface area (Å²) in [6.45, 7) is 2.32. The predicted molar refractivity (Wildman–Crippen MR) is 138 cm³/mol. The molecule has 3 aromatic carbocycles. The number of ether oxygens (including phenoxy) is 2. The molecule has 0 aromatic heterocycles. The molecule has 34 heavy (non-hydrogen) atoms. The minimum absolute atomic E-state index is 0.0502. The lowest BCUT2D eigenvalue weighted by Gasteiger charge is -2.15. The van der Waals surface area contributed by atoms with Crippen molar-refractivity contribution in [3.63, 3.8) is 0 Å². The molecule has 0 radical (unpaired) electrons. The Morgan fingerprint density at radius 3 is 2.65 bits per heavy atom. The molecule has 5 nitrogen and oxygen atoms in total. The molecular weight excluding hydrogens is 543 g/mol. The zero-order valence-corrected chi connectivity index (χ0v) is 21.1. The summed E-state index contributed by atoms with van der Waals surface area (Å²) in [6, 6.07) is 17.1. The largest absolute Gasteiger partial charge is 0.490 e. The number of benzene rings is 3. The van der Waals surface area contributed by atoms with Crippen molar-refractivity contribution >= 4 is 62.1 Å². The van der Waals surface area contributed by atoms with Gasteiger partial charge in [-0.3, -0.25) is 4.79 Å². The van der Waals surface area contributed by atoms with Gasteiger partial charge in [-0.2, -0.15) is 0 Å². The van der Waals surface area contributed by atoms with E-state index in [0.29, 0.717) is 48.9 Å². The first-order chi connectivity index (χ1) is 16.4. The number of nitrogens with one attached hydrogen (secondary N) is 1. The highest BCUT2D eigenvalue weighted by Crippen LogP contribution is 2.39. The van der Waals surface area contributed by atoms with Crippen LogP contribution in [0.25, 0.3) is 6.08 Å². The number of amides is 1. The van der Waals surface area contributed by atoms with E-state index < -0.39 is 0 Å². The number of rotatable bonds is 7. The molecule has 0 bridgehead atoms. The molecule has 1 aliphatic heterocycles. The van der Waals surface area contributed by atoms with E-state index in [1.165, 1.54) is 17.8 Å². The van der Waals surface area contributed by atoms with Crippen molar-refractivity contribution in [2.75, 3.05) is 6.61 Å². The summed E-state index contributed by atoms with van der Waals surface area (Å²) in [5, 5.41) is 3.86. The topological polar surface area (TPSA) is 59.9 Å². The number of amidine groups is 1. The number of thioether (sulfide) groups is 1. The Hall–Kier alpha value is -2.81. The number of hydrogen-bond donors (Lipinski definition) is 1. The van der Waals surface area contributed by atoms with Gasteiger partial charge in [-0.1, -0.05) is 29.8 Å². The van der Waals surface area contributed by atoms with Gasteiger partial charge in [0.25, 0.3) is 5.91 Å². The van der Waals surface area contributed by atoms with Crippen LogP contribution in [0.2, 0.25) is 5.02 Å². The Bertz CT molecular complexity index is 1280. The molecule has 0 saturated carbocycles. The lowest BCUT2D eigenvalue weighted by molar-refractivity contribution is -0.115. The van der Waals surface area contributed by atoms with Gasteiger partial charge in [0.1, 0.15) is 12.4 Å². The zero-order valence-electron chi connectivity index (χ0n) is 18.0. The van der Waals surface area contributed by atoms with Crippen molar-refractivity contribution < 1.29 is 18.7 Å². The monoisotopic (exact) mass is 560 g/mol. The van der Waals surface area contributed by atoms with E-state index in [4.69, 9.17) is 21.1 Å². The van der Waals surface area contributed by atoms with Crippen molar-refractivity contribution in [3.8, 4) is 11.5 Å². The van der Waals surface area contributed by atoms with E-state index in [9.17, 15) is 9.18 Å². The molecule has 4 rings (SSSR count). The van der Waals surface area contributed by atoms with Gasteiger partial charge in [-0.15, -0.1) is 0 Å². The number of halogens is 3. The molecule has 0 unspecified atom stereocenters. The van der Waals surface area contributed by atoms with E-state index >= 15 is 0 Å². The van der Waals surface area contributed by atoms with Crippen LogP contribution in [0.5, 0.6) is 11.5 Å². The second kappa shape index (κ2) is 11.1. The quantitative estimate of drug-likeness (QED) is 0.312. The van der Waals surface area contributed by atoms with Crippen molar-refractivity contribution in [2.45, 2.75) is 13.5 Å². The normalized spacial score (nSPS) is 15.6. The molecule has 174 valence electrons. The van der Waals surface area contributed by atoms with Crippen molar-refractivity contribution in [1.29, 1.82) is 0 Å². The second-order valence-electron chi connectivity index (χ2n) is 7.10. The predicted octanol–water partition coefficient (Wildman–Crippen LogP) is 7.11. The average molecular weight is 562 g/mol. The highest BCUT2D eigenvalue weighted by molar-refractivity contribution is 9.10. The van der Waals surface area contributed by atoms with Gasteiger partial charge in [-0.25, -0.2) is 9.38 Å². The van der Waals surface area contributed by atoms with Crippen LogP contribution in [0.1, 0.15) is 18.1 Å². The van der Waals surface area contributed by atoms with Crippen LogP contribution >= 0.6 is 39.3 Å². The summed E-state index contributed by atoms with van der Waals surface area (Å²) < 4.78 is 26.2. The molecule has 1 fully saturated rings. The van der Waals surface area contributed by atoms with Gasteiger partial charge < -0.3 is 14.8 Å². The highest BCUT2D eigenvalue weighted by Gasteiger charge is 2.24. The first-order valence-electron chi connectivity index (χ1n) is 10.3. The van der Waals surface area contributed by atoms with Gasteiger partial charge in [0.15, 0.2) is 16.7 Å². The van der Waals surface area contributed by atoms with Crippen molar-refractivity contribution in [3.05, 3.63) is 92.0 Å². The maximum atomic E-state index is 14.0. The first kappa shape index (κ1) is 24.3. The Kier molecular flexibility index (Phi) is 7.92. The maximum absolute atomic E-state index is 14.0. The van der Waals surface area contributed by atoms with E-state index in [-0.39, 0.29) is 18.3 Å². The summed E-state index contributed by atoms with van der Waals surface area (Å²) >= 11 is 10.7. The molecule has 3 aromatic rings. The summed E-state index contributed by atoms with van der Waals surface area (Å²) in [7, 11) is 0. The van der Waals surface area contributed by atoms with Crippen LogP contribution in [0, 0.1) is 5.82 Å². The lowest BCUT2D eigenvalue weighted by Crippen LogP contribution is -2.19. The number of carbonyl (C=O) groups is 1. The Balaban J connectivity index is 1.56. The Morgan fingerprint density at radius 1 is 1.15 bits per heavy atom. The van der Waals surface area contributed by atoms with Crippen LogP contribution in [0.3, 0.4) is 0 Å². The number of aliphatic imine (C=N–C) groups is 1. The van der Waals surface area contributed by atoms with Crippen LogP contribution < -0.4 is 14.8 Å². The fraction of sp³-hybridized carbons (Fsp3) is 0.120. The van der Waals surface area contributed by atoms with Gasteiger partial charge in [-0.05, 0) is 88.7 Å². The van der Waals surface area contributed by atoms with Gasteiger partial charge >= 0.3 is 0 Å². The second-order valence-corrected chi connectivity index (χ2v) is 9.42. The molecular formula is C25H19BrClFN2O3S. The summed E-state index contributed by atoms with van der Waals surface area (Å²) in [5.74, 6) is 0.365. The number of carbonyl (C=O) groups excluding carboxylic acids is 1. The fourth-order valence-electron chi connectivity index (χ4n) is 3.10. The SMILES string of the molecule is CCOc1cc(/C=C2\SC(=Nc3ccc(Cl)cc3)NC2=O)cc(Br)c1OCc1ccccc1F. The Labute approximate surface area is 214 Å². The minimum Gasteiger partial charge on any atom is -0.490 e. The van der Waals surface area contributed by atoms with Crippen LogP contribution in [0.4, 0.5) is 10.1 Å². The standard InChI is InChI=1S/C25H19BrClFN2O3S/c1-2-32-21-12-15(11-19(26)23(21)33-14-16-5-3-4-6-20(16)28)13-22-24(31)30-25(34-22)29-18-9-7-17(27)8-10-18/h3-13H,2,14H2,1H3,(H,29,30,31)/b22-13-. The number of hydrogen-bond acceptors (Lipinski definition) is 5. The molecule has 1 amide bonds. The van der Waals surface area contributed by atoms with Crippen LogP contribution in [0.15, 0.2) is 75.0 Å². The highest BCUT2D eigenvalue weighted by atomic mass is 79.9. The van der Waals surface area contributed by atoms with Gasteiger partial charge in [0.05, 0.1) is 21.7 Å². The molecule has 1 N–H and O–H groups in total. The number of nitrogens with zero attached hydrogens (tertiary/aromatic N) is 1. The van der Waals surface area contributed by atoms with E-state index in [1.807, 2.05) is 13.0 Å². The zero-order chi connectivity index (χ0) is 24.1. The smallest absolute Gasteiger partial charge is 0.264 e. The molecule has 0 spiro atoms. The fourth-order valence-corrected chi connectivity index (χ4v) is 4.65. The molecule has 0 aliphatic carbocycles. The third kappa shape index (κ3) is 6.00. The summed E-state index contributed by atoms with van der Waals surface area (Å²) in [5.41, 5.74) is 1.86. The van der Waals surface area contributed by atoms with Gasteiger partial charge in [0, 0.05) is 10.6 Å². The molecule has 1 saturated heterocycles. The average Bonchev–Trinajstić information content (AvgIpc) is 3.14. The van der Waals surface area contributed by atoms with E-state index in [2.05, 4.69) is 26.2 Å². The van der Waals surface area contributed by atoms with Crippen LogP contribution in [-0.2, 0) is 11.4 Å². The molecule has 9 heteroatoms. The Morgan fingerprint density at radius 2 is 1.91 bits per heavy atom. The molecule has 0 atom stereocenters. The van der Waals surface area contributed by atoms with E-state index in [1.54, 1.807) is 54.6 Å². The third-order valence-corrected chi connectivity index (χ3v) is 6.42. The summed E-state index contributed by atoms with van der Waals surface area (Å²) in [6.07, 6.45) is 1.75. The van der Waals surface area contributed by atoms with Crippen molar-refractivity contribution in [2.24, 2.45) is 4.99 Å². The molecule has 1 aliphatic rings. The maximum Gasteiger partial charge on any atom is 0.264 e. The van der Waals surface area contributed by atoms with E-state index in [0.717, 1.165) is 5.56 Å². The first-order valence-corrected chi connectivity index (χ1v) is 12.3. The molecule has 1 heterocycles. The van der Waals surface area contributed by atoms with Gasteiger partial charge in [0.2, 0.25) is 0 Å². The van der Waals surface area contributed by atoms with Crippen LogP contribution in [-0.4, -0.2) is 17.7 Å². The third-order valence-electron chi connectivity index (χ3n) is 4.67.